The molecule has 0 amide bonds. The summed E-state index contributed by atoms with van der Waals surface area (Å²) in [5.74, 6) is 2.67. The van der Waals surface area contributed by atoms with Gasteiger partial charge in [-0.3, -0.25) is 0 Å². The van der Waals surface area contributed by atoms with Crippen molar-refractivity contribution in [1.82, 2.24) is 15.5 Å². The van der Waals surface area contributed by atoms with Crippen LogP contribution in [0.1, 0.15) is 24.4 Å². The van der Waals surface area contributed by atoms with Gasteiger partial charge < -0.3 is 19.3 Å². The standard InChI is InChI=1S/C19H20BrN3O3/c1-12(16-10-15(24-2)7-8-17(16)25-3)21-11-18-22-19(23-26-18)13-5-4-6-14(20)9-13/h4-10,12,21H,11H2,1-3H3. The Morgan fingerprint density at radius 1 is 1.15 bits per heavy atom. The van der Waals surface area contributed by atoms with Crippen LogP contribution in [-0.2, 0) is 6.54 Å². The summed E-state index contributed by atoms with van der Waals surface area (Å²) in [6.45, 7) is 2.49. The van der Waals surface area contributed by atoms with Crippen molar-refractivity contribution in [2.75, 3.05) is 14.2 Å². The van der Waals surface area contributed by atoms with E-state index in [1.807, 2.05) is 49.4 Å². The van der Waals surface area contributed by atoms with Gasteiger partial charge in [0.2, 0.25) is 11.7 Å². The largest absolute Gasteiger partial charge is 0.497 e. The smallest absolute Gasteiger partial charge is 0.240 e. The molecule has 0 bridgehead atoms. The molecule has 3 rings (SSSR count). The lowest BCUT2D eigenvalue weighted by molar-refractivity contribution is 0.356. The topological polar surface area (TPSA) is 69.4 Å². The number of hydrogen-bond acceptors (Lipinski definition) is 6. The molecule has 7 heteroatoms. The summed E-state index contributed by atoms with van der Waals surface area (Å²) < 4.78 is 17.1. The molecular weight excluding hydrogens is 398 g/mol. The van der Waals surface area contributed by atoms with Crippen molar-refractivity contribution in [2.24, 2.45) is 0 Å². The maximum Gasteiger partial charge on any atom is 0.240 e. The lowest BCUT2D eigenvalue weighted by atomic mass is 10.1. The van der Waals surface area contributed by atoms with Crippen molar-refractivity contribution < 1.29 is 14.0 Å². The molecule has 1 atom stereocenters. The Balaban J connectivity index is 1.70. The number of aromatic nitrogens is 2. The van der Waals surface area contributed by atoms with E-state index in [2.05, 4.69) is 31.4 Å². The molecule has 6 nitrogen and oxygen atoms in total. The summed E-state index contributed by atoms with van der Waals surface area (Å²) in [4.78, 5) is 4.45. The van der Waals surface area contributed by atoms with E-state index < -0.39 is 0 Å². The van der Waals surface area contributed by atoms with Gasteiger partial charge in [-0.2, -0.15) is 4.98 Å². The zero-order chi connectivity index (χ0) is 18.5. The van der Waals surface area contributed by atoms with Crippen molar-refractivity contribution >= 4 is 15.9 Å². The zero-order valence-corrected chi connectivity index (χ0v) is 16.4. The molecule has 3 aromatic rings. The van der Waals surface area contributed by atoms with Crippen molar-refractivity contribution in [3.05, 3.63) is 58.4 Å². The number of halogens is 1. The predicted molar refractivity (Wildman–Crippen MR) is 102 cm³/mol. The summed E-state index contributed by atoms with van der Waals surface area (Å²) in [6, 6.07) is 13.5. The van der Waals surface area contributed by atoms with E-state index in [9.17, 15) is 0 Å². The van der Waals surface area contributed by atoms with Crippen LogP contribution in [0.5, 0.6) is 11.5 Å². The van der Waals surface area contributed by atoms with E-state index in [0.29, 0.717) is 18.3 Å². The van der Waals surface area contributed by atoms with Crippen LogP contribution in [-0.4, -0.2) is 24.4 Å². The molecule has 0 saturated heterocycles. The highest BCUT2D eigenvalue weighted by molar-refractivity contribution is 9.10. The van der Waals surface area contributed by atoms with Gasteiger partial charge in [0, 0.05) is 21.6 Å². The molecule has 136 valence electrons. The van der Waals surface area contributed by atoms with Crippen molar-refractivity contribution in [1.29, 1.82) is 0 Å². The van der Waals surface area contributed by atoms with Gasteiger partial charge in [0.05, 0.1) is 20.8 Å². The van der Waals surface area contributed by atoms with Crippen LogP contribution >= 0.6 is 15.9 Å². The molecule has 0 aliphatic carbocycles. The maximum absolute atomic E-state index is 5.44. The van der Waals surface area contributed by atoms with Crippen LogP contribution in [0.2, 0.25) is 0 Å². The Labute approximate surface area is 160 Å². The highest BCUT2D eigenvalue weighted by Crippen LogP contribution is 2.29. The normalized spacial score (nSPS) is 12.0. The minimum atomic E-state index is 0.0151. The third kappa shape index (κ3) is 4.23. The van der Waals surface area contributed by atoms with Gasteiger partial charge in [-0.25, -0.2) is 0 Å². The number of nitrogens with zero attached hydrogens (tertiary/aromatic N) is 2. The number of benzene rings is 2. The van der Waals surface area contributed by atoms with Crippen LogP contribution in [0.25, 0.3) is 11.4 Å². The monoisotopic (exact) mass is 417 g/mol. The number of ether oxygens (including phenoxy) is 2. The number of rotatable bonds is 7. The van der Waals surface area contributed by atoms with Crippen LogP contribution in [0.15, 0.2) is 51.5 Å². The van der Waals surface area contributed by atoms with Gasteiger partial charge >= 0.3 is 0 Å². The average Bonchev–Trinajstić information content (AvgIpc) is 3.14. The molecular formula is C19H20BrN3O3. The minimum absolute atomic E-state index is 0.0151. The molecule has 2 aromatic carbocycles. The van der Waals surface area contributed by atoms with E-state index in [-0.39, 0.29) is 6.04 Å². The van der Waals surface area contributed by atoms with Gasteiger partial charge in [0.15, 0.2) is 0 Å². The van der Waals surface area contributed by atoms with Crippen LogP contribution in [0.4, 0.5) is 0 Å². The first kappa shape index (κ1) is 18.4. The molecule has 26 heavy (non-hydrogen) atoms. The first-order chi connectivity index (χ1) is 12.6. The minimum Gasteiger partial charge on any atom is -0.497 e. The van der Waals surface area contributed by atoms with Gasteiger partial charge in [-0.05, 0) is 37.3 Å². The average molecular weight is 418 g/mol. The second kappa shape index (κ2) is 8.33. The lowest BCUT2D eigenvalue weighted by Crippen LogP contribution is -2.19. The van der Waals surface area contributed by atoms with Crippen molar-refractivity contribution in [3.8, 4) is 22.9 Å². The summed E-state index contributed by atoms with van der Waals surface area (Å²) in [5, 5.41) is 7.42. The molecule has 1 aromatic heterocycles. The molecule has 0 aliphatic heterocycles. The van der Waals surface area contributed by atoms with Crippen molar-refractivity contribution in [2.45, 2.75) is 19.5 Å². The summed E-state index contributed by atoms with van der Waals surface area (Å²) in [7, 11) is 3.30. The summed E-state index contributed by atoms with van der Waals surface area (Å²) in [5.41, 5.74) is 1.90. The van der Waals surface area contributed by atoms with Crippen LogP contribution in [0.3, 0.4) is 0 Å². The fraction of sp³-hybridized carbons (Fsp3) is 0.263. The Hall–Kier alpha value is -2.38. The Morgan fingerprint density at radius 3 is 2.73 bits per heavy atom. The second-order valence-corrected chi connectivity index (χ2v) is 6.65. The zero-order valence-electron chi connectivity index (χ0n) is 14.8. The van der Waals surface area contributed by atoms with Gasteiger partial charge in [0.1, 0.15) is 11.5 Å². The number of nitrogens with one attached hydrogen (secondary N) is 1. The van der Waals surface area contributed by atoms with E-state index in [1.165, 1.54) is 0 Å². The second-order valence-electron chi connectivity index (χ2n) is 5.73. The molecule has 0 fully saturated rings. The number of hydrogen-bond donors (Lipinski definition) is 1. The summed E-state index contributed by atoms with van der Waals surface area (Å²) >= 11 is 3.45. The Morgan fingerprint density at radius 2 is 2.00 bits per heavy atom. The van der Waals surface area contributed by atoms with Crippen LogP contribution in [0, 0.1) is 0 Å². The van der Waals surface area contributed by atoms with Gasteiger partial charge in [-0.15, -0.1) is 0 Å². The Bertz CT molecular complexity index is 882. The van der Waals surface area contributed by atoms with E-state index in [4.69, 9.17) is 14.0 Å². The molecule has 0 radical (unpaired) electrons. The molecule has 0 saturated carbocycles. The number of methoxy groups -OCH3 is 2. The molecule has 0 aliphatic rings. The van der Waals surface area contributed by atoms with E-state index >= 15 is 0 Å². The maximum atomic E-state index is 5.44. The third-order valence-corrected chi connectivity index (χ3v) is 4.51. The van der Waals surface area contributed by atoms with E-state index in [1.54, 1.807) is 14.2 Å². The SMILES string of the molecule is COc1ccc(OC)c(C(C)NCc2nc(-c3cccc(Br)c3)no2)c1. The predicted octanol–water partition coefficient (Wildman–Crippen LogP) is 4.37. The third-order valence-electron chi connectivity index (χ3n) is 4.01. The van der Waals surface area contributed by atoms with Gasteiger partial charge in [-0.1, -0.05) is 33.2 Å². The molecule has 1 N–H and O–H groups in total. The first-order valence-electron chi connectivity index (χ1n) is 8.14. The first-order valence-corrected chi connectivity index (χ1v) is 8.94. The highest BCUT2D eigenvalue weighted by Gasteiger charge is 2.15. The van der Waals surface area contributed by atoms with Crippen molar-refractivity contribution in [3.63, 3.8) is 0 Å². The molecule has 1 heterocycles. The molecule has 1 unspecified atom stereocenters. The van der Waals surface area contributed by atoms with E-state index in [0.717, 1.165) is 27.1 Å². The lowest BCUT2D eigenvalue weighted by Gasteiger charge is -2.17. The quantitative estimate of drug-likeness (QED) is 0.615. The highest BCUT2D eigenvalue weighted by atomic mass is 79.9. The molecule has 0 spiro atoms. The fourth-order valence-electron chi connectivity index (χ4n) is 2.60. The fourth-order valence-corrected chi connectivity index (χ4v) is 3.00. The van der Waals surface area contributed by atoms with Crippen LogP contribution < -0.4 is 14.8 Å². The Kier molecular flexibility index (Phi) is 5.90. The van der Waals surface area contributed by atoms with Gasteiger partial charge in [0.25, 0.3) is 0 Å². The summed E-state index contributed by atoms with van der Waals surface area (Å²) in [6.07, 6.45) is 0.